The van der Waals surface area contributed by atoms with Gasteiger partial charge in [-0.2, -0.15) is 4.98 Å². The van der Waals surface area contributed by atoms with Crippen LogP contribution in [0.1, 0.15) is 24.3 Å². The molecule has 0 atom stereocenters. The van der Waals surface area contributed by atoms with Crippen LogP contribution in [0.25, 0.3) is 11.4 Å². The molecule has 134 valence electrons. The van der Waals surface area contributed by atoms with E-state index >= 15 is 0 Å². The second-order valence-corrected chi connectivity index (χ2v) is 6.93. The summed E-state index contributed by atoms with van der Waals surface area (Å²) < 4.78 is 18.4. The quantitative estimate of drug-likeness (QED) is 0.686. The summed E-state index contributed by atoms with van der Waals surface area (Å²) in [5.41, 5.74) is 2.19. The molecule has 0 unspecified atom stereocenters. The van der Waals surface area contributed by atoms with Crippen LogP contribution in [0.3, 0.4) is 0 Å². The van der Waals surface area contributed by atoms with Gasteiger partial charge in [-0.25, -0.2) is 4.39 Å². The molecule has 1 saturated heterocycles. The second kappa shape index (κ2) is 7.79. The second-order valence-electron chi connectivity index (χ2n) is 6.93. The summed E-state index contributed by atoms with van der Waals surface area (Å²) in [5, 5.41) is 4.09. The molecule has 1 aromatic heterocycles. The van der Waals surface area contributed by atoms with E-state index in [9.17, 15) is 4.39 Å². The predicted molar refractivity (Wildman–Crippen MR) is 97.8 cm³/mol. The average molecular weight is 351 g/mol. The molecule has 1 aliphatic heterocycles. The van der Waals surface area contributed by atoms with Gasteiger partial charge in [0.05, 0.1) is 6.54 Å². The van der Waals surface area contributed by atoms with Gasteiger partial charge in [0.15, 0.2) is 0 Å². The fourth-order valence-corrected chi connectivity index (χ4v) is 3.52. The average Bonchev–Trinajstić information content (AvgIpc) is 3.14. The minimum absolute atomic E-state index is 0.169. The Morgan fingerprint density at radius 1 is 1.00 bits per heavy atom. The summed E-state index contributed by atoms with van der Waals surface area (Å²) >= 11 is 0. The fraction of sp³-hybridized carbons (Fsp3) is 0.333. The molecule has 26 heavy (non-hydrogen) atoms. The minimum Gasteiger partial charge on any atom is -0.338 e. The topological polar surface area (TPSA) is 42.2 Å². The van der Waals surface area contributed by atoms with Gasteiger partial charge in [0, 0.05) is 5.56 Å². The van der Waals surface area contributed by atoms with E-state index in [1.54, 1.807) is 12.1 Å². The van der Waals surface area contributed by atoms with Gasteiger partial charge in [-0.1, -0.05) is 47.6 Å². The van der Waals surface area contributed by atoms with Crippen LogP contribution >= 0.6 is 0 Å². The van der Waals surface area contributed by atoms with Crippen molar-refractivity contribution < 1.29 is 8.91 Å². The van der Waals surface area contributed by atoms with Crippen molar-refractivity contribution in [1.29, 1.82) is 0 Å². The zero-order valence-corrected chi connectivity index (χ0v) is 14.6. The highest BCUT2D eigenvalue weighted by atomic mass is 19.1. The Morgan fingerprint density at radius 3 is 2.46 bits per heavy atom. The van der Waals surface area contributed by atoms with Crippen molar-refractivity contribution >= 4 is 0 Å². The lowest BCUT2D eigenvalue weighted by molar-refractivity contribution is 0.159. The highest BCUT2D eigenvalue weighted by Crippen LogP contribution is 2.23. The van der Waals surface area contributed by atoms with Gasteiger partial charge < -0.3 is 4.52 Å². The molecular formula is C21H22FN3O. The Balaban J connectivity index is 1.29. The van der Waals surface area contributed by atoms with E-state index < -0.39 is 0 Å². The zero-order chi connectivity index (χ0) is 17.8. The standard InChI is InChI=1S/C21H22FN3O/c22-19-8-6-16(7-9-19)14-17-10-12-25(13-11-17)15-20-23-21(24-26-20)18-4-2-1-3-5-18/h1-9,17H,10-15H2. The molecule has 2 heterocycles. The van der Waals surface area contributed by atoms with Gasteiger partial charge in [-0.05, 0) is 56.0 Å². The van der Waals surface area contributed by atoms with Gasteiger partial charge in [0.2, 0.25) is 11.7 Å². The van der Waals surface area contributed by atoms with Crippen LogP contribution in [0.15, 0.2) is 59.1 Å². The summed E-state index contributed by atoms with van der Waals surface area (Å²) in [6.07, 6.45) is 3.29. The Kier molecular flexibility index (Phi) is 5.07. The molecule has 0 saturated carbocycles. The first kappa shape index (κ1) is 16.9. The molecule has 1 aliphatic rings. The molecule has 5 heteroatoms. The third kappa shape index (κ3) is 4.17. The molecular weight excluding hydrogens is 329 g/mol. The maximum atomic E-state index is 13.0. The molecule has 0 radical (unpaired) electrons. The molecule has 1 fully saturated rings. The first-order valence-corrected chi connectivity index (χ1v) is 9.11. The van der Waals surface area contributed by atoms with Crippen LogP contribution in [0.4, 0.5) is 4.39 Å². The van der Waals surface area contributed by atoms with E-state index in [-0.39, 0.29) is 5.82 Å². The monoisotopic (exact) mass is 351 g/mol. The Labute approximate surface area is 152 Å². The van der Waals surface area contributed by atoms with Crippen molar-refractivity contribution in [2.45, 2.75) is 25.8 Å². The number of rotatable bonds is 5. The van der Waals surface area contributed by atoms with Crippen molar-refractivity contribution in [2.24, 2.45) is 5.92 Å². The van der Waals surface area contributed by atoms with Crippen LogP contribution in [-0.4, -0.2) is 28.1 Å². The van der Waals surface area contributed by atoms with Gasteiger partial charge in [0.25, 0.3) is 0 Å². The highest BCUT2D eigenvalue weighted by molar-refractivity contribution is 5.53. The van der Waals surface area contributed by atoms with Crippen LogP contribution in [0, 0.1) is 11.7 Å². The number of benzene rings is 2. The number of aromatic nitrogens is 2. The van der Waals surface area contributed by atoms with E-state index in [4.69, 9.17) is 4.52 Å². The minimum atomic E-state index is -0.169. The van der Waals surface area contributed by atoms with E-state index in [1.165, 1.54) is 5.56 Å². The van der Waals surface area contributed by atoms with E-state index in [1.807, 2.05) is 42.5 Å². The normalized spacial score (nSPS) is 16.0. The predicted octanol–water partition coefficient (Wildman–Crippen LogP) is 4.33. The van der Waals surface area contributed by atoms with Gasteiger partial charge in [-0.3, -0.25) is 4.90 Å². The van der Waals surface area contributed by atoms with Crippen molar-refractivity contribution in [3.63, 3.8) is 0 Å². The lowest BCUT2D eigenvalue weighted by atomic mass is 9.90. The number of halogens is 1. The van der Waals surface area contributed by atoms with Crippen LogP contribution in [0.5, 0.6) is 0 Å². The number of likely N-dealkylation sites (tertiary alicyclic amines) is 1. The van der Waals surface area contributed by atoms with Crippen molar-refractivity contribution in [3.8, 4) is 11.4 Å². The van der Waals surface area contributed by atoms with E-state index in [0.29, 0.717) is 24.2 Å². The molecule has 4 rings (SSSR count). The summed E-state index contributed by atoms with van der Waals surface area (Å²) in [6.45, 7) is 2.74. The number of hydrogen-bond acceptors (Lipinski definition) is 4. The lowest BCUT2D eigenvalue weighted by Crippen LogP contribution is -2.33. The maximum absolute atomic E-state index is 13.0. The molecule has 0 aliphatic carbocycles. The molecule has 4 nitrogen and oxygen atoms in total. The highest BCUT2D eigenvalue weighted by Gasteiger charge is 2.21. The SMILES string of the molecule is Fc1ccc(CC2CCN(Cc3nc(-c4ccccc4)no3)CC2)cc1. The maximum Gasteiger partial charge on any atom is 0.241 e. The number of hydrogen-bond donors (Lipinski definition) is 0. The van der Waals surface area contributed by atoms with Crippen molar-refractivity contribution in [3.05, 3.63) is 71.9 Å². The van der Waals surface area contributed by atoms with Crippen LogP contribution in [-0.2, 0) is 13.0 Å². The third-order valence-electron chi connectivity index (χ3n) is 5.00. The summed E-state index contributed by atoms with van der Waals surface area (Å²) in [7, 11) is 0. The first-order chi connectivity index (χ1) is 12.8. The lowest BCUT2D eigenvalue weighted by Gasteiger charge is -2.31. The van der Waals surface area contributed by atoms with Crippen molar-refractivity contribution in [2.75, 3.05) is 13.1 Å². The molecule has 0 amide bonds. The van der Waals surface area contributed by atoms with Crippen LogP contribution in [0.2, 0.25) is 0 Å². The first-order valence-electron chi connectivity index (χ1n) is 9.11. The molecule has 2 aromatic carbocycles. The fourth-order valence-electron chi connectivity index (χ4n) is 3.52. The molecule has 3 aromatic rings. The summed E-state index contributed by atoms with van der Waals surface area (Å²) in [4.78, 5) is 6.88. The van der Waals surface area contributed by atoms with Gasteiger partial charge in [-0.15, -0.1) is 0 Å². The molecule has 0 spiro atoms. The van der Waals surface area contributed by atoms with Gasteiger partial charge >= 0.3 is 0 Å². The zero-order valence-electron chi connectivity index (χ0n) is 14.6. The summed E-state index contributed by atoms with van der Waals surface area (Å²) in [6, 6.07) is 16.8. The largest absolute Gasteiger partial charge is 0.338 e. The van der Waals surface area contributed by atoms with E-state index in [0.717, 1.165) is 37.9 Å². The van der Waals surface area contributed by atoms with Crippen molar-refractivity contribution in [1.82, 2.24) is 15.0 Å². The Bertz CT molecular complexity index is 824. The van der Waals surface area contributed by atoms with E-state index in [2.05, 4.69) is 15.0 Å². The summed E-state index contributed by atoms with van der Waals surface area (Å²) in [5.74, 6) is 1.80. The molecule has 0 N–H and O–H groups in total. The van der Waals surface area contributed by atoms with Gasteiger partial charge in [0.1, 0.15) is 5.82 Å². The number of piperidine rings is 1. The third-order valence-corrected chi connectivity index (χ3v) is 5.00. The Hall–Kier alpha value is -2.53. The molecule has 0 bridgehead atoms. The Morgan fingerprint density at radius 2 is 1.73 bits per heavy atom. The van der Waals surface area contributed by atoms with Crippen LogP contribution < -0.4 is 0 Å². The number of nitrogens with zero attached hydrogens (tertiary/aromatic N) is 3. The smallest absolute Gasteiger partial charge is 0.241 e.